The summed E-state index contributed by atoms with van der Waals surface area (Å²) >= 11 is 9.25. The average molecular weight is 322 g/mol. The highest BCUT2D eigenvalue weighted by Crippen LogP contribution is 2.37. The van der Waals surface area contributed by atoms with Gasteiger partial charge in [0.15, 0.2) is 11.6 Å². The Morgan fingerprint density at radius 3 is 2.53 bits per heavy atom. The Bertz CT molecular complexity index is 553. The van der Waals surface area contributed by atoms with Gasteiger partial charge in [-0.2, -0.15) is 0 Å². The molecule has 0 fully saturated rings. The maximum absolute atomic E-state index is 13.2. The molecular formula is C12H8BrClF2O. The predicted molar refractivity (Wildman–Crippen MR) is 65.6 cm³/mol. The molecule has 1 heterocycles. The van der Waals surface area contributed by atoms with Gasteiger partial charge in [0.2, 0.25) is 0 Å². The quantitative estimate of drug-likeness (QED) is 0.560. The van der Waals surface area contributed by atoms with E-state index >= 15 is 0 Å². The van der Waals surface area contributed by atoms with Gasteiger partial charge < -0.3 is 4.42 Å². The van der Waals surface area contributed by atoms with Crippen molar-refractivity contribution in [3.8, 4) is 0 Å². The van der Waals surface area contributed by atoms with E-state index in [-0.39, 0.29) is 5.02 Å². The third-order valence-corrected chi connectivity index (χ3v) is 3.68. The second-order valence-corrected chi connectivity index (χ2v) is 4.94. The lowest BCUT2D eigenvalue weighted by atomic mass is 10.1. The minimum atomic E-state index is -0.963. The Hall–Kier alpha value is -0.870. The van der Waals surface area contributed by atoms with Crippen LogP contribution in [0, 0.1) is 18.6 Å². The molecular weight excluding hydrogens is 313 g/mol. The first kappa shape index (κ1) is 12.6. The van der Waals surface area contributed by atoms with Gasteiger partial charge in [-0.05, 0) is 36.2 Å². The Kier molecular flexibility index (Phi) is 3.54. The standard InChI is InChI=1S/C12H8BrClF2O/c1-6-2-3-17-12(6)11(13)7-4-9(15)10(16)5-8(7)14/h2-5,11H,1H3. The number of benzene rings is 1. The molecule has 0 aliphatic heterocycles. The van der Waals surface area contributed by atoms with Gasteiger partial charge in [-0.1, -0.05) is 27.5 Å². The fourth-order valence-electron chi connectivity index (χ4n) is 1.52. The molecule has 0 spiro atoms. The fourth-order valence-corrected chi connectivity index (χ4v) is 2.76. The van der Waals surface area contributed by atoms with Crippen molar-refractivity contribution in [2.45, 2.75) is 11.8 Å². The number of aryl methyl sites for hydroxylation is 1. The van der Waals surface area contributed by atoms with Crippen molar-refractivity contribution in [2.75, 3.05) is 0 Å². The van der Waals surface area contributed by atoms with Crippen LogP contribution in [0.1, 0.15) is 21.7 Å². The van der Waals surface area contributed by atoms with Crippen molar-refractivity contribution < 1.29 is 13.2 Å². The number of rotatable bonds is 2. The van der Waals surface area contributed by atoms with E-state index in [1.807, 2.05) is 6.92 Å². The Morgan fingerprint density at radius 1 is 1.29 bits per heavy atom. The summed E-state index contributed by atoms with van der Waals surface area (Å²) in [6, 6.07) is 3.81. The fraction of sp³-hybridized carbons (Fsp3) is 0.167. The molecule has 1 nitrogen and oxygen atoms in total. The van der Waals surface area contributed by atoms with Crippen molar-refractivity contribution in [2.24, 2.45) is 0 Å². The molecule has 1 aromatic heterocycles. The van der Waals surface area contributed by atoms with Gasteiger partial charge in [0.1, 0.15) is 5.76 Å². The van der Waals surface area contributed by atoms with Crippen LogP contribution in [-0.2, 0) is 0 Å². The molecule has 0 radical (unpaired) electrons. The van der Waals surface area contributed by atoms with Crippen molar-refractivity contribution in [3.05, 3.63) is 58.0 Å². The van der Waals surface area contributed by atoms with Crippen LogP contribution in [0.3, 0.4) is 0 Å². The largest absolute Gasteiger partial charge is 0.468 e. The summed E-state index contributed by atoms with van der Waals surface area (Å²) in [6.45, 7) is 1.86. The van der Waals surface area contributed by atoms with Crippen LogP contribution in [0.4, 0.5) is 8.78 Å². The maximum Gasteiger partial charge on any atom is 0.160 e. The second kappa shape index (κ2) is 4.78. The number of alkyl halides is 1. The third kappa shape index (κ3) is 2.38. The van der Waals surface area contributed by atoms with E-state index in [1.54, 1.807) is 6.07 Å². The first-order valence-electron chi connectivity index (χ1n) is 4.83. The van der Waals surface area contributed by atoms with Crippen molar-refractivity contribution in [3.63, 3.8) is 0 Å². The molecule has 1 unspecified atom stereocenters. The summed E-state index contributed by atoms with van der Waals surface area (Å²) in [7, 11) is 0. The molecule has 0 aliphatic rings. The summed E-state index contributed by atoms with van der Waals surface area (Å²) in [5.41, 5.74) is 1.34. The van der Waals surface area contributed by atoms with E-state index in [0.29, 0.717) is 11.3 Å². The zero-order valence-electron chi connectivity index (χ0n) is 8.81. The number of hydrogen-bond donors (Lipinski definition) is 0. The van der Waals surface area contributed by atoms with Crippen LogP contribution in [-0.4, -0.2) is 0 Å². The topological polar surface area (TPSA) is 13.1 Å². The zero-order chi connectivity index (χ0) is 12.6. The highest BCUT2D eigenvalue weighted by molar-refractivity contribution is 9.09. The van der Waals surface area contributed by atoms with Gasteiger partial charge in [0, 0.05) is 5.02 Å². The van der Waals surface area contributed by atoms with Crippen LogP contribution in [0.5, 0.6) is 0 Å². The van der Waals surface area contributed by atoms with Crippen LogP contribution >= 0.6 is 27.5 Å². The molecule has 17 heavy (non-hydrogen) atoms. The smallest absolute Gasteiger partial charge is 0.160 e. The minimum Gasteiger partial charge on any atom is -0.468 e. The molecule has 1 atom stereocenters. The summed E-state index contributed by atoms with van der Waals surface area (Å²) in [6.07, 6.45) is 1.53. The molecule has 0 amide bonds. The second-order valence-electron chi connectivity index (χ2n) is 3.62. The number of hydrogen-bond acceptors (Lipinski definition) is 1. The summed E-state index contributed by atoms with van der Waals surface area (Å²) in [5, 5.41) is 0.154. The predicted octanol–water partition coefficient (Wildman–Crippen LogP) is 5.00. The van der Waals surface area contributed by atoms with Gasteiger partial charge in [0.25, 0.3) is 0 Å². The van der Waals surface area contributed by atoms with Crippen LogP contribution in [0.2, 0.25) is 5.02 Å². The lowest BCUT2D eigenvalue weighted by molar-refractivity contribution is 0.502. The average Bonchev–Trinajstić information content (AvgIpc) is 2.69. The van der Waals surface area contributed by atoms with Crippen LogP contribution in [0.25, 0.3) is 0 Å². The van der Waals surface area contributed by atoms with Crippen LogP contribution < -0.4 is 0 Å². The molecule has 0 saturated heterocycles. The SMILES string of the molecule is Cc1ccoc1C(Br)c1cc(F)c(F)cc1Cl. The third-order valence-electron chi connectivity index (χ3n) is 2.44. The van der Waals surface area contributed by atoms with Gasteiger partial charge >= 0.3 is 0 Å². The summed E-state index contributed by atoms with van der Waals surface area (Å²) < 4.78 is 31.4. The number of furan rings is 1. The Labute approximate surface area is 111 Å². The first-order chi connectivity index (χ1) is 8.00. The molecule has 0 N–H and O–H groups in total. The molecule has 2 aromatic rings. The van der Waals surface area contributed by atoms with Gasteiger partial charge in [-0.15, -0.1) is 0 Å². The van der Waals surface area contributed by atoms with Gasteiger partial charge in [-0.25, -0.2) is 8.78 Å². The molecule has 2 rings (SSSR count). The molecule has 1 aromatic carbocycles. The zero-order valence-corrected chi connectivity index (χ0v) is 11.1. The Morgan fingerprint density at radius 2 is 1.94 bits per heavy atom. The number of halogens is 4. The Balaban J connectivity index is 2.48. The van der Waals surface area contributed by atoms with E-state index in [9.17, 15) is 8.78 Å². The normalized spacial score (nSPS) is 12.8. The first-order valence-corrected chi connectivity index (χ1v) is 6.12. The van der Waals surface area contributed by atoms with E-state index < -0.39 is 16.5 Å². The van der Waals surface area contributed by atoms with Crippen molar-refractivity contribution in [1.82, 2.24) is 0 Å². The summed E-state index contributed by atoms with van der Waals surface area (Å²) in [4.78, 5) is -0.403. The van der Waals surface area contributed by atoms with Gasteiger partial charge in [0.05, 0.1) is 11.1 Å². The van der Waals surface area contributed by atoms with E-state index in [2.05, 4.69) is 15.9 Å². The molecule has 5 heteroatoms. The summed E-state index contributed by atoms with van der Waals surface area (Å²) in [5.74, 6) is -1.27. The van der Waals surface area contributed by atoms with E-state index in [1.165, 1.54) is 6.26 Å². The van der Waals surface area contributed by atoms with E-state index in [4.69, 9.17) is 16.0 Å². The van der Waals surface area contributed by atoms with Crippen LogP contribution in [0.15, 0.2) is 28.9 Å². The highest BCUT2D eigenvalue weighted by Gasteiger charge is 2.20. The van der Waals surface area contributed by atoms with Crippen molar-refractivity contribution >= 4 is 27.5 Å². The van der Waals surface area contributed by atoms with E-state index in [0.717, 1.165) is 17.7 Å². The van der Waals surface area contributed by atoms with Crippen molar-refractivity contribution in [1.29, 1.82) is 0 Å². The lowest BCUT2D eigenvalue weighted by Crippen LogP contribution is -1.97. The monoisotopic (exact) mass is 320 g/mol. The highest BCUT2D eigenvalue weighted by atomic mass is 79.9. The lowest BCUT2D eigenvalue weighted by Gasteiger charge is -2.11. The molecule has 0 aliphatic carbocycles. The maximum atomic E-state index is 13.2. The molecule has 90 valence electrons. The van der Waals surface area contributed by atoms with Gasteiger partial charge in [-0.3, -0.25) is 0 Å². The molecule has 0 bridgehead atoms. The molecule has 0 saturated carbocycles. The minimum absolute atomic E-state index is 0.154.